The number of nitrogen functional groups attached to an aromatic ring is 1. The molecule has 2 aromatic carbocycles. The van der Waals surface area contributed by atoms with Crippen LogP contribution in [0.3, 0.4) is 0 Å². The Morgan fingerprint density at radius 2 is 1.81 bits per heavy atom. The molecule has 0 radical (unpaired) electrons. The molecule has 0 saturated carbocycles. The highest BCUT2D eigenvalue weighted by Crippen LogP contribution is 2.18. The number of carboxylic acids is 1. The maximum atomic E-state index is 11.2. The van der Waals surface area contributed by atoms with E-state index in [0.717, 1.165) is 5.75 Å². The number of anilines is 1. The SMILES string of the molecule is Nc1cccc(COCCOc2ccccc2)c1C(=O)O. The third-order valence-electron chi connectivity index (χ3n) is 2.89. The van der Waals surface area contributed by atoms with E-state index in [1.807, 2.05) is 30.3 Å². The van der Waals surface area contributed by atoms with Crippen molar-refractivity contribution in [2.75, 3.05) is 18.9 Å². The summed E-state index contributed by atoms with van der Waals surface area (Å²) in [6.07, 6.45) is 0. The zero-order chi connectivity index (χ0) is 15.1. The number of nitrogens with two attached hydrogens (primary N) is 1. The van der Waals surface area contributed by atoms with E-state index < -0.39 is 5.97 Å². The molecule has 0 aromatic heterocycles. The fourth-order valence-corrected chi connectivity index (χ4v) is 1.92. The first-order valence-corrected chi connectivity index (χ1v) is 6.54. The molecule has 0 aliphatic heterocycles. The van der Waals surface area contributed by atoms with Gasteiger partial charge in [-0.3, -0.25) is 0 Å². The second-order valence-corrected chi connectivity index (χ2v) is 4.40. The maximum absolute atomic E-state index is 11.2. The molecule has 0 fully saturated rings. The summed E-state index contributed by atoms with van der Waals surface area (Å²) in [5, 5.41) is 9.14. The molecule has 0 atom stereocenters. The molecule has 0 aliphatic rings. The number of aromatic carboxylic acids is 1. The number of hydrogen-bond acceptors (Lipinski definition) is 4. The van der Waals surface area contributed by atoms with Gasteiger partial charge in [0.2, 0.25) is 0 Å². The van der Waals surface area contributed by atoms with Gasteiger partial charge in [0.05, 0.1) is 18.8 Å². The van der Waals surface area contributed by atoms with Crippen molar-refractivity contribution >= 4 is 11.7 Å². The summed E-state index contributed by atoms with van der Waals surface area (Å²) >= 11 is 0. The Balaban J connectivity index is 1.81. The zero-order valence-electron chi connectivity index (χ0n) is 11.5. The van der Waals surface area contributed by atoms with Crippen molar-refractivity contribution in [1.29, 1.82) is 0 Å². The lowest BCUT2D eigenvalue weighted by molar-refractivity contribution is 0.0680. The lowest BCUT2D eigenvalue weighted by Crippen LogP contribution is -2.10. The molecule has 0 aliphatic carbocycles. The van der Waals surface area contributed by atoms with Gasteiger partial charge in [-0.05, 0) is 23.8 Å². The Bertz CT molecular complexity index is 598. The van der Waals surface area contributed by atoms with E-state index in [2.05, 4.69) is 0 Å². The van der Waals surface area contributed by atoms with Gasteiger partial charge in [0.15, 0.2) is 0 Å². The molecule has 0 heterocycles. The molecule has 2 aromatic rings. The predicted molar refractivity (Wildman–Crippen MR) is 79.4 cm³/mol. The van der Waals surface area contributed by atoms with Crippen molar-refractivity contribution in [2.45, 2.75) is 6.61 Å². The van der Waals surface area contributed by atoms with E-state index in [1.165, 1.54) is 0 Å². The molecule has 0 bridgehead atoms. The molecule has 0 amide bonds. The quantitative estimate of drug-likeness (QED) is 0.604. The van der Waals surface area contributed by atoms with Crippen molar-refractivity contribution in [2.24, 2.45) is 0 Å². The predicted octanol–water partition coefficient (Wildman–Crippen LogP) is 2.56. The van der Waals surface area contributed by atoms with Gasteiger partial charge in [-0.1, -0.05) is 30.3 Å². The van der Waals surface area contributed by atoms with E-state index in [9.17, 15) is 4.79 Å². The summed E-state index contributed by atoms with van der Waals surface area (Å²) in [4.78, 5) is 11.2. The van der Waals surface area contributed by atoms with E-state index in [4.69, 9.17) is 20.3 Å². The van der Waals surface area contributed by atoms with Crippen LogP contribution >= 0.6 is 0 Å². The van der Waals surface area contributed by atoms with Crippen molar-refractivity contribution in [3.05, 3.63) is 59.7 Å². The number of ether oxygens (including phenoxy) is 2. The van der Waals surface area contributed by atoms with Crippen LogP contribution < -0.4 is 10.5 Å². The van der Waals surface area contributed by atoms with Crippen LogP contribution in [0.25, 0.3) is 0 Å². The number of rotatable bonds is 7. The van der Waals surface area contributed by atoms with Gasteiger partial charge < -0.3 is 20.3 Å². The molecule has 5 heteroatoms. The second kappa shape index (κ2) is 7.31. The Hall–Kier alpha value is -2.53. The Morgan fingerprint density at radius 1 is 1.05 bits per heavy atom. The molecule has 2 rings (SSSR count). The van der Waals surface area contributed by atoms with Crippen LogP contribution in [0, 0.1) is 0 Å². The molecule has 0 unspecified atom stereocenters. The fraction of sp³-hybridized carbons (Fsp3) is 0.188. The van der Waals surface area contributed by atoms with Gasteiger partial charge in [-0.15, -0.1) is 0 Å². The molecule has 21 heavy (non-hydrogen) atoms. The van der Waals surface area contributed by atoms with Crippen LogP contribution in [0.5, 0.6) is 5.75 Å². The third kappa shape index (κ3) is 4.22. The minimum Gasteiger partial charge on any atom is -0.491 e. The largest absolute Gasteiger partial charge is 0.491 e. The van der Waals surface area contributed by atoms with Crippen molar-refractivity contribution in [3.63, 3.8) is 0 Å². The monoisotopic (exact) mass is 287 g/mol. The van der Waals surface area contributed by atoms with Crippen LogP contribution in [0.15, 0.2) is 48.5 Å². The normalized spacial score (nSPS) is 10.3. The Labute approximate surface area is 122 Å². The lowest BCUT2D eigenvalue weighted by atomic mass is 10.1. The first-order valence-electron chi connectivity index (χ1n) is 6.54. The average Bonchev–Trinajstić information content (AvgIpc) is 2.47. The van der Waals surface area contributed by atoms with Crippen LogP contribution in [-0.2, 0) is 11.3 Å². The number of carbonyl (C=O) groups is 1. The summed E-state index contributed by atoms with van der Waals surface area (Å²) in [5.74, 6) is -0.275. The minimum atomic E-state index is -1.05. The Kier molecular flexibility index (Phi) is 5.17. The first-order chi connectivity index (χ1) is 10.2. The first kappa shape index (κ1) is 14.9. The highest BCUT2D eigenvalue weighted by Gasteiger charge is 2.13. The van der Waals surface area contributed by atoms with Crippen LogP contribution in [0.1, 0.15) is 15.9 Å². The maximum Gasteiger partial charge on any atom is 0.338 e. The van der Waals surface area contributed by atoms with Crippen molar-refractivity contribution in [3.8, 4) is 5.75 Å². The standard InChI is InChI=1S/C16H17NO4/c17-14-8-4-5-12(15(14)16(18)19)11-20-9-10-21-13-6-2-1-3-7-13/h1-8H,9-11,17H2,(H,18,19). The second-order valence-electron chi connectivity index (χ2n) is 4.40. The number of benzene rings is 2. The van der Waals surface area contributed by atoms with Crippen molar-refractivity contribution < 1.29 is 19.4 Å². The average molecular weight is 287 g/mol. The number of carboxylic acid groups (broad SMARTS) is 1. The van der Waals surface area contributed by atoms with Crippen LogP contribution in [-0.4, -0.2) is 24.3 Å². The van der Waals surface area contributed by atoms with E-state index >= 15 is 0 Å². The molecule has 110 valence electrons. The van der Waals surface area contributed by atoms with Crippen LogP contribution in [0.2, 0.25) is 0 Å². The fourth-order valence-electron chi connectivity index (χ4n) is 1.92. The molecule has 0 spiro atoms. The molecule has 0 saturated heterocycles. The highest BCUT2D eigenvalue weighted by atomic mass is 16.5. The summed E-state index contributed by atoms with van der Waals surface area (Å²) in [6, 6.07) is 14.4. The zero-order valence-corrected chi connectivity index (χ0v) is 11.5. The molecular formula is C16H17NO4. The molecule has 3 N–H and O–H groups in total. The van der Waals surface area contributed by atoms with Gasteiger partial charge in [0.25, 0.3) is 0 Å². The summed E-state index contributed by atoms with van der Waals surface area (Å²) < 4.78 is 10.9. The topological polar surface area (TPSA) is 81.8 Å². The van der Waals surface area contributed by atoms with Crippen LogP contribution in [0.4, 0.5) is 5.69 Å². The lowest BCUT2D eigenvalue weighted by Gasteiger charge is -2.10. The van der Waals surface area contributed by atoms with E-state index in [1.54, 1.807) is 18.2 Å². The number of para-hydroxylation sites is 1. The molecule has 5 nitrogen and oxygen atoms in total. The summed E-state index contributed by atoms with van der Waals surface area (Å²) in [7, 11) is 0. The minimum absolute atomic E-state index is 0.0986. The van der Waals surface area contributed by atoms with E-state index in [-0.39, 0.29) is 17.9 Å². The van der Waals surface area contributed by atoms with Gasteiger partial charge in [0, 0.05) is 5.69 Å². The van der Waals surface area contributed by atoms with E-state index in [0.29, 0.717) is 18.8 Å². The smallest absolute Gasteiger partial charge is 0.338 e. The molecular weight excluding hydrogens is 270 g/mol. The van der Waals surface area contributed by atoms with Gasteiger partial charge in [-0.25, -0.2) is 4.79 Å². The summed E-state index contributed by atoms with van der Waals surface area (Å²) in [5.41, 5.74) is 6.56. The third-order valence-corrected chi connectivity index (χ3v) is 2.89. The van der Waals surface area contributed by atoms with Crippen molar-refractivity contribution in [1.82, 2.24) is 0 Å². The summed E-state index contributed by atoms with van der Waals surface area (Å²) in [6.45, 7) is 0.947. The highest BCUT2D eigenvalue weighted by molar-refractivity contribution is 5.95. The Morgan fingerprint density at radius 3 is 2.52 bits per heavy atom. The van der Waals surface area contributed by atoms with Gasteiger partial charge in [-0.2, -0.15) is 0 Å². The van der Waals surface area contributed by atoms with Gasteiger partial charge in [0.1, 0.15) is 12.4 Å². The van der Waals surface area contributed by atoms with Gasteiger partial charge >= 0.3 is 5.97 Å². The number of hydrogen-bond donors (Lipinski definition) is 2.